The van der Waals surface area contributed by atoms with Crippen LogP contribution in [0.15, 0.2) is 30.3 Å². The van der Waals surface area contributed by atoms with Crippen LogP contribution in [-0.4, -0.2) is 46.7 Å². The number of benzene rings is 1. The van der Waals surface area contributed by atoms with Crippen LogP contribution in [0.3, 0.4) is 0 Å². The summed E-state index contributed by atoms with van der Waals surface area (Å²) in [5.41, 5.74) is 0.440. The standard InChI is InChI=1S/C18H19NO4/c1-2-10-19-13-8-9-14(19)16(17(20)21)15(11-13)23-18(22)12-6-4-3-5-7-12/h1,3-7,13-16H,8-11H2,(H,20,21)/t13-,14+,15-,16+/m0/s1. The van der Waals surface area contributed by atoms with Crippen molar-refractivity contribution in [1.82, 2.24) is 4.90 Å². The van der Waals surface area contributed by atoms with E-state index >= 15 is 0 Å². The number of carboxylic acid groups (broad SMARTS) is 1. The predicted octanol–water partition coefficient (Wildman–Crippen LogP) is 1.78. The van der Waals surface area contributed by atoms with Crippen molar-refractivity contribution in [3.05, 3.63) is 35.9 Å². The molecule has 0 unspecified atom stereocenters. The maximum absolute atomic E-state index is 12.3. The Morgan fingerprint density at radius 3 is 2.70 bits per heavy atom. The number of piperidine rings is 1. The van der Waals surface area contributed by atoms with Crippen LogP contribution in [0, 0.1) is 18.3 Å². The van der Waals surface area contributed by atoms with Gasteiger partial charge in [-0.3, -0.25) is 9.69 Å². The van der Waals surface area contributed by atoms with Crippen molar-refractivity contribution >= 4 is 11.9 Å². The van der Waals surface area contributed by atoms with E-state index < -0.39 is 24.0 Å². The lowest BCUT2D eigenvalue weighted by atomic mass is 9.87. The van der Waals surface area contributed by atoms with Crippen LogP contribution in [0.2, 0.25) is 0 Å². The molecule has 1 aromatic rings. The van der Waals surface area contributed by atoms with E-state index in [1.54, 1.807) is 24.3 Å². The molecule has 0 spiro atoms. The Bertz CT molecular complexity index is 636. The molecule has 2 fully saturated rings. The first kappa shape index (κ1) is 15.6. The number of carboxylic acids is 1. The Kier molecular flexibility index (Phi) is 4.35. The lowest BCUT2D eigenvalue weighted by Crippen LogP contribution is -2.54. The zero-order chi connectivity index (χ0) is 16.4. The monoisotopic (exact) mass is 313 g/mol. The molecule has 1 aromatic carbocycles. The normalized spacial score (nSPS) is 29.7. The van der Waals surface area contributed by atoms with Crippen LogP contribution in [0.5, 0.6) is 0 Å². The highest BCUT2D eigenvalue weighted by atomic mass is 16.5. The molecule has 0 amide bonds. The second-order valence-corrected chi connectivity index (χ2v) is 6.08. The zero-order valence-corrected chi connectivity index (χ0v) is 12.7. The van der Waals surface area contributed by atoms with Gasteiger partial charge in [0.15, 0.2) is 0 Å². The summed E-state index contributed by atoms with van der Waals surface area (Å²) in [4.78, 5) is 26.1. The van der Waals surface area contributed by atoms with Crippen LogP contribution >= 0.6 is 0 Å². The molecule has 0 radical (unpaired) electrons. The average Bonchev–Trinajstić information content (AvgIpc) is 2.81. The molecule has 5 nitrogen and oxygen atoms in total. The summed E-state index contributed by atoms with van der Waals surface area (Å²) in [5.74, 6) is 0.484. The van der Waals surface area contributed by atoms with Crippen molar-refractivity contribution in [2.24, 2.45) is 5.92 Å². The minimum Gasteiger partial charge on any atom is -0.481 e. The number of hydrogen-bond donors (Lipinski definition) is 1. The fourth-order valence-electron chi connectivity index (χ4n) is 3.84. The lowest BCUT2D eigenvalue weighted by molar-refractivity contribution is -0.152. The van der Waals surface area contributed by atoms with Crippen molar-refractivity contribution in [2.75, 3.05) is 6.54 Å². The predicted molar refractivity (Wildman–Crippen MR) is 83.7 cm³/mol. The smallest absolute Gasteiger partial charge is 0.338 e. The third kappa shape index (κ3) is 2.95. The van der Waals surface area contributed by atoms with Crippen LogP contribution < -0.4 is 0 Å². The summed E-state index contributed by atoms with van der Waals surface area (Å²) in [7, 11) is 0. The van der Waals surface area contributed by atoms with Gasteiger partial charge in [-0.25, -0.2) is 4.79 Å². The number of carbonyl (C=O) groups is 2. The van der Waals surface area contributed by atoms with E-state index in [9.17, 15) is 14.7 Å². The molecule has 120 valence electrons. The minimum atomic E-state index is -0.928. The molecule has 0 aliphatic carbocycles. The SMILES string of the molecule is C#CCN1[C@H]2CC[C@@H]1[C@@H](C(=O)O)[C@@H](OC(=O)c1ccccc1)C2. The van der Waals surface area contributed by atoms with Gasteiger partial charge in [-0.05, 0) is 25.0 Å². The summed E-state index contributed by atoms with van der Waals surface area (Å²) < 4.78 is 5.56. The lowest BCUT2D eigenvalue weighted by Gasteiger charge is -2.41. The summed E-state index contributed by atoms with van der Waals surface area (Å²) in [6, 6.07) is 8.70. The number of aliphatic carboxylic acids is 1. The van der Waals surface area contributed by atoms with Gasteiger partial charge < -0.3 is 9.84 Å². The highest BCUT2D eigenvalue weighted by molar-refractivity contribution is 5.89. The Labute approximate surface area is 135 Å². The molecule has 2 saturated heterocycles. The van der Waals surface area contributed by atoms with Crippen molar-refractivity contribution in [3.8, 4) is 12.3 Å². The zero-order valence-electron chi connectivity index (χ0n) is 12.7. The third-order valence-electron chi connectivity index (χ3n) is 4.84. The van der Waals surface area contributed by atoms with Crippen molar-refractivity contribution in [2.45, 2.75) is 37.5 Å². The molecule has 2 heterocycles. The Morgan fingerprint density at radius 1 is 1.30 bits per heavy atom. The summed E-state index contributed by atoms with van der Waals surface area (Å²) >= 11 is 0. The van der Waals surface area contributed by atoms with Gasteiger partial charge in [-0.2, -0.15) is 0 Å². The van der Waals surface area contributed by atoms with Crippen molar-refractivity contribution in [1.29, 1.82) is 0 Å². The van der Waals surface area contributed by atoms with E-state index in [0.717, 1.165) is 12.8 Å². The first-order chi connectivity index (χ1) is 11.1. The molecule has 2 bridgehead atoms. The topological polar surface area (TPSA) is 66.8 Å². The van der Waals surface area contributed by atoms with Crippen molar-refractivity contribution < 1.29 is 19.4 Å². The molecule has 3 rings (SSSR count). The van der Waals surface area contributed by atoms with E-state index in [1.165, 1.54) is 0 Å². The maximum Gasteiger partial charge on any atom is 0.338 e. The Hall–Kier alpha value is -2.32. The number of carbonyl (C=O) groups excluding carboxylic acids is 1. The first-order valence-electron chi connectivity index (χ1n) is 7.80. The van der Waals surface area contributed by atoms with Crippen LogP contribution in [-0.2, 0) is 9.53 Å². The van der Waals surface area contributed by atoms with Crippen LogP contribution in [0.1, 0.15) is 29.6 Å². The van der Waals surface area contributed by atoms with E-state index in [-0.39, 0.29) is 12.1 Å². The molecule has 4 atom stereocenters. The number of rotatable bonds is 4. The Morgan fingerprint density at radius 2 is 2.04 bits per heavy atom. The first-order valence-corrected chi connectivity index (χ1v) is 7.80. The number of nitrogens with zero attached hydrogens (tertiary/aromatic N) is 1. The van der Waals surface area contributed by atoms with E-state index in [0.29, 0.717) is 18.5 Å². The molecular formula is C18H19NO4. The van der Waals surface area contributed by atoms with E-state index in [2.05, 4.69) is 10.8 Å². The number of terminal acetylenes is 1. The molecular weight excluding hydrogens is 294 g/mol. The maximum atomic E-state index is 12.3. The van der Waals surface area contributed by atoms with Gasteiger partial charge in [0.25, 0.3) is 0 Å². The largest absolute Gasteiger partial charge is 0.481 e. The molecule has 23 heavy (non-hydrogen) atoms. The molecule has 2 aliphatic heterocycles. The van der Waals surface area contributed by atoms with Gasteiger partial charge in [0, 0.05) is 18.5 Å². The average molecular weight is 313 g/mol. The van der Waals surface area contributed by atoms with Gasteiger partial charge in [0.1, 0.15) is 12.0 Å². The quantitative estimate of drug-likeness (QED) is 0.678. The fraction of sp³-hybridized carbons (Fsp3) is 0.444. The molecule has 2 aliphatic rings. The van der Waals surface area contributed by atoms with Gasteiger partial charge in [0.05, 0.1) is 12.1 Å². The molecule has 5 heteroatoms. The second-order valence-electron chi connectivity index (χ2n) is 6.08. The highest BCUT2D eigenvalue weighted by Crippen LogP contribution is 2.40. The second kappa shape index (κ2) is 6.43. The van der Waals surface area contributed by atoms with Crippen LogP contribution in [0.4, 0.5) is 0 Å². The summed E-state index contributed by atoms with van der Waals surface area (Å²) in [5, 5.41) is 9.63. The van der Waals surface area contributed by atoms with Crippen molar-refractivity contribution in [3.63, 3.8) is 0 Å². The highest BCUT2D eigenvalue weighted by Gasteiger charge is 2.51. The minimum absolute atomic E-state index is 0.157. The van der Waals surface area contributed by atoms with E-state index in [1.807, 2.05) is 6.07 Å². The van der Waals surface area contributed by atoms with Gasteiger partial charge >= 0.3 is 11.9 Å². The van der Waals surface area contributed by atoms with Crippen LogP contribution in [0.25, 0.3) is 0 Å². The molecule has 0 aromatic heterocycles. The third-order valence-corrected chi connectivity index (χ3v) is 4.84. The number of fused-ring (bicyclic) bond motifs is 2. The number of hydrogen-bond acceptors (Lipinski definition) is 4. The summed E-state index contributed by atoms with van der Waals surface area (Å²) in [6.45, 7) is 0.443. The Balaban J connectivity index is 1.78. The fourth-order valence-corrected chi connectivity index (χ4v) is 3.84. The van der Waals surface area contributed by atoms with Gasteiger partial charge in [-0.1, -0.05) is 24.1 Å². The molecule has 1 N–H and O–H groups in total. The van der Waals surface area contributed by atoms with Gasteiger partial charge in [0.2, 0.25) is 0 Å². The van der Waals surface area contributed by atoms with Gasteiger partial charge in [-0.15, -0.1) is 6.42 Å². The van der Waals surface area contributed by atoms with E-state index in [4.69, 9.17) is 11.2 Å². The molecule has 0 saturated carbocycles. The number of esters is 1. The summed E-state index contributed by atoms with van der Waals surface area (Å²) in [6.07, 6.45) is 7.00. The number of ether oxygens (including phenoxy) is 1.